The van der Waals surface area contributed by atoms with Crippen LogP contribution in [0.3, 0.4) is 0 Å². The Morgan fingerprint density at radius 3 is 2.48 bits per heavy atom. The molecule has 2 unspecified atom stereocenters. The van der Waals surface area contributed by atoms with Crippen molar-refractivity contribution in [2.45, 2.75) is 65.1 Å². The third kappa shape index (κ3) is 5.91. The molecule has 0 saturated carbocycles. The molecule has 0 spiro atoms. The van der Waals surface area contributed by atoms with E-state index >= 15 is 0 Å². The van der Waals surface area contributed by atoms with E-state index < -0.39 is 17.7 Å². The van der Waals surface area contributed by atoms with Crippen LogP contribution in [0, 0.1) is 5.92 Å². The fourth-order valence-electron chi connectivity index (χ4n) is 2.27. The molecule has 1 aliphatic heterocycles. The topological polar surface area (TPSA) is 84.7 Å². The highest BCUT2D eigenvalue weighted by Crippen LogP contribution is 2.14. The van der Waals surface area contributed by atoms with Crippen molar-refractivity contribution < 1.29 is 14.3 Å². The molecule has 0 aromatic carbocycles. The first-order valence-corrected chi connectivity index (χ1v) is 7.64. The van der Waals surface area contributed by atoms with Gasteiger partial charge < -0.3 is 20.7 Å². The molecule has 1 fully saturated rings. The molecule has 1 saturated heterocycles. The fourth-order valence-corrected chi connectivity index (χ4v) is 2.27. The lowest BCUT2D eigenvalue weighted by Gasteiger charge is -2.35. The summed E-state index contributed by atoms with van der Waals surface area (Å²) in [7, 11) is 0. The minimum absolute atomic E-state index is 0.0410. The van der Waals surface area contributed by atoms with Crippen LogP contribution in [-0.4, -0.2) is 47.7 Å². The third-order valence-corrected chi connectivity index (χ3v) is 3.46. The predicted octanol–water partition coefficient (Wildman–Crippen LogP) is 1.49. The molecule has 6 heteroatoms. The van der Waals surface area contributed by atoms with Gasteiger partial charge in [-0.2, -0.15) is 0 Å². The van der Waals surface area contributed by atoms with E-state index in [1.807, 2.05) is 34.6 Å². The summed E-state index contributed by atoms with van der Waals surface area (Å²) in [5.74, 6) is 0.0670. The van der Waals surface area contributed by atoms with Crippen LogP contribution < -0.4 is 11.1 Å². The maximum Gasteiger partial charge on any atom is 0.407 e. The summed E-state index contributed by atoms with van der Waals surface area (Å²) >= 11 is 0. The molecule has 1 heterocycles. The normalized spacial score (nSPS) is 21.1. The molecule has 0 radical (unpaired) electrons. The van der Waals surface area contributed by atoms with Crippen LogP contribution in [0.15, 0.2) is 0 Å². The highest BCUT2D eigenvalue weighted by molar-refractivity contribution is 5.82. The van der Waals surface area contributed by atoms with Gasteiger partial charge in [-0.15, -0.1) is 0 Å². The molecule has 0 aliphatic carbocycles. The number of nitrogens with two attached hydrogens (primary N) is 1. The number of carbonyl (C=O) groups excluding carboxylic acids is 2. The van der Waals surface area contributed by atoms with Crippen LogP contribution in [0.1, 0.15) is 47.5 Å². The molecule has 6 nitrogen and oxygen atoms in total. The van der Waals surface area contributed by atoms with Gasteiger partial charge in [0.05, 0.1) is 6.04 Å². The van der Waals surface area contributed by atoms with Gasteiger partial charge >= 0.3 is 6.09 Å². The number of hydrogen-bond acceptors (Lipinski definition) is 4. The van der Waals surface area contributed by atoms with E-state index in [-0.39, 0.29) is 17.9 Å². The molecular formula is C15H29N3O3. The number of nitrogens with zero attached hydrogens (tertiary/aromatic N) is 1. The number of amides is 2. The summed E-state index contributed by atoms with van der Waals surface area (Å²) in [6.45, 7) is 10.5. The van der Waals surface area contributed by atoms with E-state index in [0.717, 1.165) is 12.8 Å². The van der Waals surface area contributed by atoms with Gasteiger partial charge in [-0.1, -0.05) is 13.8 Å². The van der Waals surface area contributed by atoms with Crippen LogP contribution in [0.25, 0.3) is 0 Å². The second kappa shape index (κ2) is 7.11. The number of hydrogen-bond donors (Lipinski definition) is 2. The molecular weight excluding hydrogens is 270 g/mol. The monoisotopic (exact) mass is 299 g/mol. The van der Waals surface area contributed by atoms with Crippen LogP contribution in [0.5, 0.6) is 0 Å². The predicted molar refractivity (Wildman–Crippen MR) is 81.8 cm³/mol. The number of nitrogens with one attached hydrogen (secondary N) is 1. The molecule has 2 atom stereocenters. The van der Waals surface area contributed by atoms with Gasteiger partial charge in [0.15, 0.2) is 0 Å². The molecule has 122 valence electrons. The van der Waals surface area contributed by atoms with E-state index in [1.165, 1.54) is 0 Å². The van der Waals surface area contributed by atoms with E-state index in [1.54, 1.807) is 4.90 Å². The zero-order chi connectivity index (χ0) is 16.2. The van der Waals surface area contributed by atoms with Gasteiger partial charge in [0.1, 0.15) is 5.60 Å². The molecule has 21 heavy (non-hydrogen) atoms. The Hall–Kier alpha value is -1.30. The number of likely N-dealkylation sites (tertiary alicyclic amines) is 1. The van der Waals surface area contributed by atoms with E-state index in [2.05, 4.69) is 5.32 Å². The van der Waals surface area contributed by atoms with Crippen LogP contribution in [0.2, 0.25) is 0 Å². The van der Waals surface area contributed by atoms with Gasteiger partial charge in [-0.3, -0.25) is 4.79 Å². The summed E-state index contributed by atoms with van der Waals surface area (Å²) in [6, 6.07) is -0.554. The number of alkyl carbamates (subject to hydrolysis) is 1. The summed E-state index contributed by atoms with van der Waals surface area (Å²) in [6.07, 6.45) is 1.27. The van der Waals surface area contributed by atoms with Crippen molar-refractivity contribution in [3.05, 3.63) is 0 Å². The van der Waals surface area contributed by atoms with E-state index in [9.17, 15) is 9.59 Å². The Morgan fingerprint density at radius 2 is 1.95 bits per heavy atom. The molecule has 1 rings (SSSR count). The van der Waals surface area contributed by atoms with Gasteiger partial charge in [0, 0.05) is 19.1 Å². The highest BCUT2D eigenvalue weighted by atomic mass is 16.6. The van der Waals surface area contributed by atoms with Crippen LogP contribution in [0.4, 0.5) is 4.79 Å². The van der Waals surface area contributed by atoms with Crippen molar-refractivity contribution >= 4 is 12.0 Å². The van der Waals surface area contributed by atoms with Crippen molar-refractivity contribution in [3.8, 4) is 0 Å². The van der Waals surface area contributed by atoms with E-state index in [0.29, 0.717) is 13.1 Å². The van der Waals surface area contributed by atoms with Gasteiger partial charge in [-0.05, 0) is 39.5 Å². The largest absolute Gasteiger partial charge is 0.444 e. The number of ether oxygens (including phenoxy) is 1. The minimum Gasteiger partial charge on any atom is -0.444 e. The molecule has 2 amide bonds. The second-order valence-corrected chi connectivity index (χ2v) is 7.04. The average molecular weight is 299 g/mol. The Bertz CT molecular complexity index is 377. The van der Waals surface area contributed by atoms with Crippen LogP contribution in [-0.2, 0) is 9.53 Å². The Labute approximate surface area is 127 Å². The lowest BCUT2D eigenvalue weighted by atomic mass is 10.0. The van der Waals surface area contributed by atoms with Crippen molar-refractivity contribution in [3.63, 3.8) is 0 Å². The Kier molecular flexibility index (Phi) is 6.01. The van der Waals surface area contributed by atoms with Crippen molar-refractivity contribution in [1.29, 1.82) is 0 Å². The number of piperidine rings is 1. The average Bonchev–Trinajstić information content (AvgIpc) is 2.34. The lowest BCUT2D eigenvalue weighted by Crippen LogP contribution is -2.54. The molecule has 0 aromatic heterocycles. The van der Waals surface area contributed by atoms with Crippen LogP contribution >= 0.6 is 0 Å². The molecule has 1 aliphatic rings. The molecule has 0 bridgehead atoms. The lowest BCUT2D eigenvalue weighted by molar-refractivity contribution is -0.134. The van der Waals surface area contributed by atoms with Crippen molar-refractivity contribution in [2.75, 3.05) is 13.1 Å². The van der Waals surface area contributed by atoms with Gasteiger partial charge in [0.2, 0.25) is 5.91 Å². The summed E-state index contributed by atoms with van der Waals surface area (Å²) in [4.78, 5) is 25.8. The summed E-state index contributed by atoms with van der Waals surface area (Å²) in [5.41, 5.74) is 5.40. The number of rotatable bonds is 3. The Morgan fingerprint density at radius 1 is 1.33 bits per heavy atom. The van der Waals surface area contributed by atoms with E-state index in [4.69, 9.17) is 10.5 Å². The smallest absolute Gasteiger partial charge is 0.407 e. The molecule has 0 aromatic rings. The zero-order valence-corrected chi connectivity index (χ0v) is 13.8. The maximum absolute atomic E-state index is 12.3. The first-order valence-electron chi connectivity index (χ1n) is 7.64. The van der Waals surface area contributed by atoms with Crippen molar-refractivity contribution in [2.24, 2.45) is 11.7 Å². The fraction of sp³-hybridized carbons (Fsp3) is 0.867. The molecule has 3 N–H and O–H groups in total. The zero-order valence-electron chi connectivity index (χ0n) is 13.8. The third-order valence-electron chi connectivity index (χ3n) is 3.46. The summed E-state index contributed by atoms with van der Waals surface area (Å²) < 4.78 is 5.24. The van der Waals surface area contributed by atoms with Gasteiger partial charge in [0.25, 0.3) is 0 Å². The minimum atomic E-state index is -0.520. The summed E-state index contributed by atoms with van der Waals surface area (Å²) in [5, 5.41) is 2.83. The Balaban J connectivity index is 2.53. The van der Waals surface area contributed by atoms with Crippen molar-refractivity contribution in [1.82, 2.24) is 10.2 Å². The van der Waals surface area contributed by atoms with Gasteiger partial charge in [-0.25, -0.2) is 4.79 Å². The SMILES string of the molecule is CC(C)C(N)C(=O)N1CCCC(NC(=O)OC(C)(C)C)C1. The second-order valence-electron chi connectivity index (χ2n) is 7.04. The number of carbonyl (C=O) groups is 2. The first-order chi connectivity index (χ1) is 9.60. The quantitative estimate of drug-likeness (QED) is 0.827. The highest BCUT2D eigenvalue weighted by Gasteiger charge is 2.29. The standard InChI is InChI=1S/C15H29N3O3/c1-10(2)12(16)13(19)18-8-6-7-11(9-18)17-14(20)21-15(3,4)5/h10-12H,6-9,16H2,1-5H3,(H,17,20). The maximum atomic E-state index is 12.3. The first kappa shape index (κ1) is 17.8.